The van der Waals surface area contributed by atoms with E-state index in [0.29, 0.717) is 23.8 Å². The number of aromatic nitrogens is 2. The van der Waals surface area contributed by atoms with Gasteiger partial charge in [-0.1, -0.05) is 18.0 Å². The van der Waals surface area contributed by atoms with Gasteiger partial charge in [-0.3, -0.25) is 0 Å². The van der Waals surface area contributed by atoms with Crippen LogP contribution in [0, 0.1) is 6.92 Å². The fourth-order valence-electron chi connectivity index (χ4n) is 2.03. The Balaban J connectivity index is 0.00000162. The zero-order valence-electron chi connectivity index (χ0n) is 10.5. The largest absolute Gasteiger partial charge is 0.463 e. The van der Waals surface area contributed by atoms with Gasteiger partial charge in [-0.15, -0.1) is 12.4 Å². The molecule has 6 heteroatoms. The molecule has 2 heterocycles. The molecule has 0 saturated carbocycles. The van der Waals surface area contributed by atoms with Gasteiger partial charge in [-0.25, -0.2) is 4.98 Å². The summed E-state index contributed by atoms with van der Waals surface area (Å²) in [6.07, 6.45) is 4.83. The summed E-state index contributed by atoms with van der Waals surface area (Å²) in [7, 11) is 0. The Morgan fingerprint density at radius 1 is 1.44 bits per heavy atom. The van der Waals surface area contributed by atoms with Crippen molar-refractivity contribution in [2.24, 2.45) is 0 Å². The second-order valence-corrected chi connectivity index (χ2v) is 4.79. The third kappa shape index (κ3) is 4.96. The van der Waals surface area contributed by atoms with Crippen LogP contribution in [0.3, 0.4) is 0 Å². The van der Waals surface area contributed by atoms with E-state index in [9.17, 15) is 0 Å². The fourth-order valence-corrected chi connectivity index (χ4v) is 2.26. The molecule has 1 aromatic rings. The van der Waals surface area contributed by atoms with Crippen molar-refractivity contribution in [2.45, 2.75) is 38.6 Å². The van der Waals surface area contributed by atoms with Gasteiger partial charge in [0.2, 0.25) is 0 Å². The van der Waals surface area contributed by atoms with Gasteiger partial charge in [-0.05, 0) is 38.8 Å². The van der Waals surface area contributed by atoms with Gasteiger partial charge in [0.15, 0.2) is 0 Å². The SMILES string of the molecule is Cc1cc(Cl)nc(OCCC2CCCCN2)n1.Cl. The Morgan fingerprint density at radius 3 is 2.94 bits per heavy atom. The molecule has 0 radical (unpaired) electrons. The Bertz CT molecular complexity index is 350. The highest BCUT2D eigenvalue weighted by Crippen LogP contribution is 2.13. The second kappa shape index (κ2) is 7.77. The molecule has 1 N–H and O–H groups in total. The van der Waals surface area contributed by atoms with E-state index in [1.807, 2.05) is 6.92 Å². The third-order valence-corrected chi connectivity index (χ3v) is 3.11. The van der Waals surface area contributed by atoms with Crippen molar-refractivity contribution >= 4 is 24.0 Å². The van der Waals surface area contributed by atoms with Crippen LogP contribution >= 0.6 is 24.0 Å². The predicted octanol–water partition coefficient (Wildman–Crippen LogP) is 2.77. The van der Waals surface area contributed by atoms with E-state index in [1.54, 1.807) is 6.07 Å². The lowest BCUT2D eigenvalue weighted by molar-refractivity contribution is 0.252. The number of nitrogens with one attached hydrogen (secondary N) is 1. The molecule has 18 heavy (non-hydrogen) atoms. The number of rotatable bonds is 4. The van der Waals surface area contributed by atoms with E-state index in [0.717, 1.165) is 18.7 Å². The van der Waals surface area contributed by atoms with Crippen molar-refractivity contribution < 1.29 is 4.74 Å². The molecule has 4 nitrogen and oxygen atoms in total. The van der Waals surface area contributed by atoms with Crippen LogP contribution in [-0.2, 0) is 0 Å². The Kier molecular flexibility index (Phi) is 6.68. The molecule has 2 rings (SSSR count). The van der Waals surface area contributed by atoms with Crippen molar-refractivity contribution in [2.75, 3.05) is 13.2 Å². The Morgan fingerprint density at radius 2 is 2.28 bits per heavy atom. The number of ether oxygens (including phenoxy) is 1. The van der Waals surface area contributed by atoms with Crippen LogP contribution in [0.5, 0.6) is 6.01 Å². The minimum absolute atomic E-state index is 0. The number of hydrogen-bond donors (Lipinski definition) is 1. The zero-order chi connectivity index (χ0) is 12.1. The summed E-state index contributed by atoms with van der Waals surface area (Å²) in [5, 5.41) is 3.91. The molecule has 0 amide bonds. The molecule has 1 aliphatic heterocycles. The zero-order valence-corrected chi connectivity index (χ0v) is 12.1. The Labute approximate surface area is 119 Å². The first-order chi connectivity index (χ1) is 8.24. The first-order valence-electron chi connectivity index (χ1n) is 6.11. The molecule has 1 saturated heterocycles. The van der Waals surface area contributed by atoms with Gasteiger partial charge in [-0.2, -0.15) is 4.98 Å². The highest BCUT2D eigenvalue weighted by molar-refractivity contribution is 6.29. The summed E-state index contributed by atoms with van der Waals surface area (Å²) in [5.74, 6) is 0. The number of halogens is 2. The van der Waals surface area contributed by atoms with Crippen molar-refractivity contribution in [3.8, 4) is 6.01 Å². The molecule has 1 fully saturated rings. The van der Waals surface area contributed by atoms with Gasteiger partial charge in [0, 0.05) is 11.7 Å². The van der Waals surface area contributed by atoms with E-state index in [4.69, 9.17) is 16.3 Å². The smallest absolute Gasteiger partial charge is 0.318 e. The molecule has 0 aliphatic carbocycles. The standard InChI is InChI=1S/C12H18ClN3O.ClH/c1-9-8-11(13)16-12(15-9)17-7-5-10-4-2-3-6-14-10;/h8,10,14H,2-7H2,1H3;1H. The molecule has 0 aromatic carbocycles. The monoisotopic (exact) mass is 291 g/mol. The van der Waals surface area contributed by atoms with E-state index >= 15 is 0 Å². The molecule has 1 unspecified atom stereocenters. The molecule has 0 spiro atoms. The van der Waals surface area contributed by atoms with E-state index < -0.39 is 0 Å². The predicted molar refractivity (Wildman–Crippen MR) is 74.8 cm³/mol. The lowest BCUT2D eigenvalue weighted by atomic mass is 10.0. The average molecular weight is 292 g/mol. The summed E-state index contributed by atoms with van der Waals surface area (Å²) in [5.41, 5.74) is 0.829. The van der Waals surface area contributed by atoms with E-state index in [1.165, 1.54) is 19.3 Å². The third-order valence-electron chi connectivity index (χ3n) is 2.91. The maximum absolute atomic E-state index is 5.83. The highest BCUT2D eigenvalue weighted by Gasteiger charge is 2.12. The first-order valence-corrected chi connectivity index (χ1v) is 6.49. The summed E-state index contributed by atoms with van der Waals surface area (Å²) in [6.45, 7) is 3.64. The van der Waals surface area contributed by atoms with Gasteiger partial charge in [0.1, 0.15) is 5.15 Å². The summed E-state index contributed by atoms with van der Waals surface area (Å²) in [6, 6.07) is 2.67. The second-order valence-electron chi connectivity index (χ2n) is 4.40. The van der Waals surface area contributed by atoms with Crippen LogP contribution < -0.4 is 10.1 Å². The topological polar surface area (TPSA) is 47.0 Å². The van der Waals surface area contributed by atoms with Gasteiger partial charge < -0.3 is 10.1 Å². The van der Waals surface area contributed by atoms with Crippen molar-refractivity contribution in [1.29, 1.82) is 0 Å². The van der Waals surface area contributed by atoms with Crippen LogP contribution in [0.4, 0.5) is 0 Å². The molecule has 1 aromatic heterocycles. The maximum atomic E-state index is 5.83. The van der Waals surface area contributed by atoms with E-state index in [-0.39, 0.29) is 12.4 Å². The summed E-state index contributed by atoms with van der Waals surface area (Å²) < 4.78 is 5.52. The van der Waals surface area contributed by atoms with Crippen molar-refractivity contribution in [3.63, 3.8) is 0 Å². The summed E-state index contributed by atoms with van der Waals surface area (Å²) >= 11 is 5.83. The van der Waals surface area contributed by atoms with Crippen molar-refractivity contribution in [1.82, 2.24) is 15.3 Å². The normalized spacial score (nSPS) is 19.1. The van der Waals surface area contributed by atoms with Crippen LogP contribution in [0.25, 0.3) is 0 Å². The molecular weight excluding hydrogens is 273 g/mol. The number of piperidine rings is 1. The average Bonchev–Trinajstić information content (AvgIpc) is 2.29. The van der Waals surface area contributed by atoms with Crippen molar-refractivity contribution in [3.05, 3.63) is 16.9 Å². The quantitative estimate of drug-likeness (QED) is 0.867. The van der Waals surface area contributed by atoms with Gasteiger partial charge in [0.25, 0.3) is 0 Å². The van der Waals surface area contributed by atoms with Gasteiger partial charge >= 0.3 is 6.01 Å². The van der Waals surface area contributed by atoms with E-state index in [2.05, 4.69) is 15.3 Å². The molecule has 1 atom stereocenters. The molecule has 0 bridgehead atoms. The van der Waals surface area contributed by atoms with Crippen LogP contribution in [-0.4, -0.2) is 29.2 Å². The van der Waals surface area contributed by atoms with Crippen LogP contribution in [0.15, 0.2) is 6.07 Å². The lowest BCUT2D eigenvalue weighted by Crippen LogP contribution is -2.35. The molecular formula is C12H19Cl2N3O. The van der Waals surface area contributed by atoms with Crippen LogP contribution in [0.1, 0.15) is 31.4 Å². The summed E-state index contributed by atoms with van der Waals surface area (Å²) in [4.78, 5) is 8.21. The fraction of sp³-hybridized carbons (Fsp3) is 0.667. The lowest BCUT2D eigenvalue weighted by Gasteiger charge is -2.23. The highest BCUT2D eigenvalue weighted by atomic mass is 35.5. The minimum Gasteiger partial charge on any atom is -0.463 e. The number of hydrogen-bond acceptors (Lipinski definition) is 4. The van der Waals surface area contributed by atoms with Gasteiger partial charge in [0.05, 0.1) is 6.61 Å². The number of nitrogens with zero attached hydrogens (tertiary/aromatic N) is 2. The Hall–Kier alpha value is -0.580. The maximum Gasteiger partial charge on any atom is 0.318 e. The molecule has 1 aliphatic rings. The minimum atomic E-state index is 0. The molecule has 102 valence electrons. The van der Waals surface area contributed by atoms with Crippen LogP contribution in [0.2, 0.25) is 5.15 Å². The first kappa shape index (κ1) is 15.5. The number of aryl methyl sites for hydroxylation is 1.